The van der Waals surface area contributed by atoms with Crippen molar-refractivity contribution in [2.24, 2.45) is 5.92 Å². The highest BCUT2D eigenvalue weighted by atomic mass is 35.5. The zero-order valence-corrected chi connectivity index (χ0v) is 29.2. The van der Waals surface area contributed by atoms with Crippen molar-refractivity contribution in [1.29, 1.82) is 0 Å². The number of hydrogen-bond donors (Lipinski definition) is 1. The van der Waals surface area contributed by atoms with Gasteiger partial charge in [-0.15, -0.1) is 24.8 Å². The topological polar surface area (TPSA) is 106 Å². The van der Waals surface area contributed by atoms with E-state index < -0.39 is 27.5 Å². The molecule has 10 nitrogen and oxygen atoms in total. The van der Waals surface area contributed by atoms with Crippen molar-refractivity contribution in [3.8, 4) is 0 Å². The molecule has 3 fully saturated rings. The average molecular weight is 712 g/mol. The quantitative estimate of drug-likeness (QED) is 0.383. The van der Waals surface area contributed by atoms with Gasteiger partial charge in [-0.1, -0.05) is 30.7 Å². The lowest BCUT2D eigenvalue weighted by molar-refractivity contribution is -0.168. The number of nitrogens with one attached hydrogen (secondary N) is 1. The molecule has 0 spiro atoms. The summed E-state index contributed by atoms with van der Waals surface area (Å²) in [5.41, 5.74) is 3.93. The molecule has 46 heavy (non-hydrogen) atoms. The maximum atomic E-state index is 14.1. The molecule has 14 heteroatoms. The summed E-state index contributed by atoms with van der Waals surface area (Å²) in [6.45, 7) is 5.58. The number of carbonyl (C=O) groups is 2. The van der Waals surface area contributed by atoms with E-state index in [1.165, 1.54) is 11.1 Å². The van der Waals surface area contributed by atoms with Crippen LogP contribution in [0.1, 0.15) is 51.5 Å². The minimum absolute atomic E-state index is 0. The third kappa shape index (κ3) is 7.16. The summed E-state index contributed by atoms with van der Waals surface area (Å²) in [5.74, 6) is -0.206. The molecule has 2 unspecified atom stereocenters. The van der Waals surface area contributed by atoms with Gasteiger partial charge in [0.1, 0.15) is 6.04 Å². The molecule has 2 atom stereocenters. The van der Waals surface area contributed by atoms with Crippen LogP contribution in [-0.4, -0.2) is 83.2 Å². The van der Waals surface area contributed by atoms with Crippen LogP contribution in [0.5, 0.6) is 0 Å². The number of hydrogen-bond acceptors (Lipinski definition) is 7. The number of fused-ring (bicyclic) bond motifs is 1. The van der Waals surface area contributed by atoms with Crippen molar-refractivity contribution < 1.29 is 18.0 Å². The number of piperazine rings is 1. The van der Waals surface area contributed by atoms with Crippen LogP contribution >= 0.6 is 36.4 Å². The number of carbonyl (C=O) groups excluding carboxylic acids is 2. The molecule has 1 aromatic heterocycles. The molecular weight excluding hydrogens is 671 g/mol. The zero-order valence-electron chi connectivity index (χ0n) is 26.0. The van der Waals surface area contributed by atoms with E-state index in [0.717, 1.165) is 52.7 Å². The molecule has 1 N–H and O–H groups in total. The Bertz CT molecular complexity index is 1660. The first-order valence-electron chi connectivity index (χ1n) is 15.3. The summed E-state index contributed by atoms with van der Waals surface area (Å²) in [6.07, 6.45) is 8.04. The molecule has 3 aliphatic heterocycles. The van der Waals surface area contributed by atoms with Crippen LogP contribution in [0, 0.1) is 5.92 Å². The third-order valence-corrected chi connectivity index (χ3v) is 11.5. The highest BCUT2D eigenvalue weighted by Gasteiger charge is 2.46. The first-order valence-corrected chi connectivity index (χ1v) is 17.1. The van der Waals surface area contributed by atoms with E-state index in [1.54, 1.807) is 47.6 Å². The second kappa shape index (κ2) is 14.7. The SMILES string of the molecule is CC1CCN(C(=O)C2CN(S(=O)(=O)c3ccc4cc(Cl)ccc4c3)CC(=O)N2NN2CCCCC2(C)c2ccncc2)CC1.Cl.Cl. The van der Waals surface area contributed by atoms with Crippen molar-refractivity contribution in [1.82, 2.24) is 29.7 Å². The van der Waals surface area contributed by atoms with Gasteiger partial charge in [-0.05, 0) is 97.7 Å². The van der Waals surface area contributed by atoms with Gasteiger partial charge in [0.15, 0.2) is 0 Å². The molecule has 250 valence electrons. The first kappa shape index (κ1) is 36.3. The number of halogens is 3. The Morgan fingerprint density at radius 1 is 0.978 bits per heavy atom. The Balaban J connectivity index is 0.00000240. The van der Waals surface area contributed by atoms with Crippen molar-refractivity contribution >= 4 is 69.0 Å². The standard InChI is InChI=1S/C32H39ClN6O4S.2ClH/c1-23-11-17-36(18-12-23)31(41)29-21-37(44(42,43)28-8-6-24-19-27(33)7-5-25(24)20-28)22-30(40)39(29)35-38-16-4-3-13-32(38,2)26-9-14-34-15-10-26;;/h5-10,14-15,19-20,23,29,35H,3-4,11-13,16-18,21-22H2,1-2H3;2*1H. The number of rotatable bonds is 6. The minimum Gasteiger partial charge on any atom is -0.341 e. The Morgan fingerprint density at radius 3 is 2.37 bits per heavy atom. The molecule has 3 aromatic rings. The van der Waals surface area contributed by atoms with Gasteiger partial charge in [0, 0.05) is 43.6 Å². The van der Waals surface area contributed by atoms with Gasteiger partial charge in [0.2, 0.25) is 15.9 Å². The normalized spacial score (nSPS) is 23.5. The van der Waals surface area contributed by atoms with Crippen molar-refractivity contribution in [3.63, 3.8) is 0 Å². The van der Waals surface area contributed by atoms with Gasteiger partial charge < -0.3 is 4.90 Å². The average Bonchev–Trinajstić information content (AvgIpc) is 3.03. The summed E-state index contributed by atoms with van der Waals surface area (Å²) >= 11 is 6.12. The number of aromatic nitrogens is 1. The van der Waals surface area contributed by atoms with Gasteiger partial charge in [-0.2, -0.15) is 9.84 Å². The fraction of sp³-hybridized carbons (Fsp3) is 0.469. The van der Waals surface area contributed by atoms with Crippen LogP contribution in [0.15, 0.2) is 65.8 Å². The van der Waals surface area contributed by atoms with Gasteiger partial charge in [-0.3, -0.25) is 14.6 Å². The molecule has 0 bridgehead atoms. The monoisotopic (exact) mass is 710 g/mol. The summed E-state index contributed by atoms with van der Waals surface area (Å²) in [7, 11) is -4.09. The molecule has 0 saturated carbocycles. The zero-order chi connectivity index (χ0) is 31.1. The van der Waals surface area contributed by atoms with E-state index >= 15 is 0 Å². The summed E-state index contributed by atoms with van der Waals surface area (Å²) in [4.78, 5) is 34.1. The number of sulfonamides is 1. The number of amides is 2. The number of hydrazine groups is 2. The predicted molar refractivity (Wildman–Crippen MR) is 183 cm³/mol. The fourth-order valence-corrected chi connectivity index (χ4v) is 8.22. The maximum Gasteiger partial charge on any atom is 0.253 e. The molecular formula is C32H41Cl3N6O4S. The van der Waals surface area contributed by atoms with Crippen molar-refractivity contribution in [3.05, 3.63) is 71.5 Å². The predicted octanol–water partition coefficient (Wildman–Crippen LogP) is 5.01. The number of piperidine rings is 2. The van der Waals surface area contributed by atoms with Crippen molar-refractivity contribution in [2.45, 2.75) is 62.4 Å². The Morgan fingerprint density at radius 2 is 1.65 bits per heavy atom. The van der Waals surface area contributed by atoms with E-state index in [1.807, 2.05) is 17.1 Å². The van der Waals surface area contributed by atoms with E-state index in [4.69, 9.17) is 11.6 Å². The van der Waals surface area contributed by atoms with Crippen molar-refractivity contribution in [2.75, 3.05) is 32.7 Å². The Labute approximate surface area is 288 Å². The molecule has 4 heterocycles. The number of pyridine rings is 1. The van der Waals surface area contributed by atoms with Gasteiger partial charge in [0.25, 0.3) is 5.91 Å². The highest BCUT2D eigenvalue weighted by Crippen LogP contribution is 2.36. The third-order valence-electron chi connectivity index (χ3n) is 9.48. The molecule has 3 saturated heterocycles. The Kier molecular flexibility index (Phi) is 11.6. The first-order chi connectivity index (χ1) is 21.1. The minimum atomic E-state index is -4.09. The number of likely N-dealkylation sites (tertiary alicyclic amines) is 1. The lowest BCUT2D eigenvalue weighted by atomic mass is 9.84. The van der Waals surface area contributed by atoms with Crippen LogP contribution in [0.2, 0.25) is 5.02 Å². The molecule has 3 aliphatic rings. The van der Waals surface area contributed by atoms with E-state index in [9.17, 15) is 18.0 Å². The Hall–Kier alpha value is -2.51. The summed E-state index contributed by atoms with van der Waals surface area (Å²) in [6, 6.07) is 13.0. The van der Waals surface area contributed by atoms with E-state index in [-0.39, 0.29) is 48.7 Å². The molecule has 6 rings (SSSR count). The smallest absolute Gasteiger partial charge is 0.253 e. The van der Waals surface area contributed by atoms with Crippen LogP contribution < -0.4 is 5.53 Å². The second-order valence-corrected chi connectivity index (χ2v) is 14.8. The summed E-state index contributed by atoms with van der Waals surface area (Å²) in [5, 5.41) is 5.51. The largest absolute Gasteiger partial charge is 0.341 e. The van der Waals surface area contributed by atoms with E-state index in [2.05, 4.69) is 24.4 Å². The lowest BCUT2D eigenvalue weighted by Gasteiger charge is -2.50. The maximum absolute atomic E-state index is 14.1. The van der Waals surface area contributed by atoms with Crippen LogP contribution in [0.3, 0.4) is 0 Å². The highest BCUT2D eigenvalue weighted by molar-refractivity contribution is 7.89. The van der Waals surface area contributed by atoms with Gasteiger partial charge in [0.05, 0.1) is 17.0 Å². The number of nitrogens with zero attached hydrogens (tertiary/aromatic N) is 5. The second-order valence-electron chi connectivity index (χ2n) is 12.5. The lowest BCUT2D eigenvalue weighted by Crippen LogP contribution is -2.71. The fourth-order valence-electron chi connectivity index (χ4n) is 6.60. The summed E-state index contributed by atoms with van der Waals surface area (Å²) < 4.78 is 29.1. The van der Waals surface area contributed by atoms with Crippen LogP contribution in [-0.2, 0) is 25.2 Å². The molecule has 0 aliphatic carbocycles. The number of benzene rings is 2. The molecule has 2 aromatic carbocycles. The molecule has 2 amide bonds. The van der Waals surface area contributed by atoms with Gasteiger partial charge in [-0.25, -0.2) is 18.4 Å². The van der Waals surface area contributed by atoms with E-state index in [0.29, 0.717) is 30.6 Å². The van der Waals surface area contributed by atoms with Gasteiger partial charge >= 0.3 is 0 Å². The molecule has 0 radical (unpaired) electrons. The van der Waals surface area contributed by atoms with Crippen LogP contribution in [0.4, 0.5) is 0 Å². The van der Waals surface area contributed by atoms with Crippen LogP contribution in [0.25, 0.3) is 10.8 Å².